The van der Waals surface area contributed by atoms with Crippen molar-refractivity contribution in [1.82, 2.24) is 5.32 Å². The first-order valence-electron chi connectivity index (χ1n) is 15.6. The molecule has 0 fully saturated rings. The molecule has 0 saturated heterocycles. The highest BCUT2D eigenvalue weighted by molar-refractivity contribution is 8.76. The molecule has 0 spiro atoms. The molecule has 0 aromatic heterocycles. The second-order valence-corrected chi connectivity index (χ2v) is 10.6. The molecule has 43 heavy (non-hydrogen) atoms. The number of hydrogen-bond donors (Lipinski definition) is 3. The summed E-state index contributed by atoms with van der Waals surface area (Å²) in [5, 5.41) is 3.19. The zero-order valence-corrected chi connectivity index (χ0v) is 30.5. The van der Waals surface area contributed by atoms with Gasteiger partial charge in [0.2, 0.25) is 6.41 Å². The molecular formula is C35H65N3O3S2. The molecule has 6 nitrogen and oxygen atoms in total. The van der Waals surface area contributed by atoms with Crippen molar-refractivity contribution >= 4 is 39.9 Å². The average molecular weight is 640 g/mol. The molecule has 1 aromatic rings. The normalized spacial score (nSPS) is 9.67. The number of amides is 1. The molecule has 1 aromatic carbocycles. The topological polar surface area (TPSA) is 107 Å². The SMILES string of the molecule is C=C/C=C(\C=C/NCCCC(C)=O)/C=C/c1ccc(OCC)cc1.CC.CC.CCCC.CCCSSCCN.NC=O. The Morgan fingerprint density at radius 3 is 1.95 bits per heavy atom. The quantitative estimate of drug-likeness (QED) is 0.0674. The lowest BCUT2D eigenvalue weighted by Crippen LogP contribution is -2.08. The highest BCUT2D eigenvalue weighted by atomic mass is 33.1. The van der Waals surface area contributed by atoms with E-state index in [9.17, 15) is 4.79 Å². The molecule has 0 unspecified atom stereocenters. The van der Waals surface area contributed by atoms with Crippen LogP contribution in [0.15, 0.2) is 66.9 Å². The van der Waals surface area contributed by atoms with Crippen LogP contribution in [0.1, 0.15) is 100.0 Å². The van der Waals surface area contributed by atoms with Gasteiger partial charge >= 0.3 is 0 Å². The predicted octanol–water partition coefficient (Wildman–Crippen LogP) is 9.38. The maximum Gasteiger partial charge on any atom is 0.204 e. The minimum absolute atomic E-state index is 0.228. The summed E-state index contributed by atoms with van der Waals surface area (Å²) in [7, 11) is 3.78. The number of nitrogens with one attached hydrogen (secondary N) is 1. The van der Waals surface area contributed by atoms with Crippen molar-refractivity contribution in [3.05, 3.63) is 72.5 Å². The van der Waals surface area contributed by atoms with E-state index < -0.39 is 0 Å². The monoisotopic (exact) mass is 639 g/mol. The smallest absolute Gasteiger partial charge is 0.204 e. The number of ether oxygens (including phenoxy) is 1. The van der Waals surface area contributed by atoms with Gasteiger partial charge in [-0.2, -0.15) is 0 Å². The largest absolute Gasteiger partial charge is 0.494 e. The molecule has 8 heteroatoms. The molecule has 0 aliphatic heterocycles. The van der Waals surface area contributed by atoms with Crippen LogP contribution in [0.25, 0.3) is 6.08 Å². The zero-order valence-electron chi connectivity index (χ0n) is 28.8. The van der Waals surface area contributed by atoms with Gasteiger partial charge < -0.3 is 26.3 Å². The van der Waals surface area contributed by atoms with Gasteiger partial charge in [-0.05, 0) is 62.2 Å². The molecule has 0 aliphatic carbocycles. The standard InChI is InChI=1S/C21H27NO2.C5H13NS2.C4H10.2C2H6.CH3NO/c1-4-7-19(15-17-22-16-6-8-18(3)23)9-10-20-11-13-21(14-12-20)24-5-2;1-2-4-7-8-5-3-6;1-3-4-2;2*1-2;2-1-3/h4,7,9-15,17,22H,1,5-6,8,16H2,2-3H3;2-6H2,1H3;3-4H2,1-2H3;2*1-2H3;1H,(H2,2,3)/b10-9+,17-15-,19-7-;;;;;. The summed E-state index contributed by atoms with van der Waals surface area (Å²) in [5.74, 6) is 3.45. The minimum atomic E-state index is 0.228. The van der Waals surface area contributed by atoms with Crippen LogP contribution in [-0.2, 0) is 9.59 Å². The van der Waals surface area contributed by atoms with Crippen molar-refractivity contribution in [2.75, 3.05) is 31.2 Å². The van der Waals surface area contributed by atoms with E-state index >= 15 is 0 Å². The zero-order chi connectivity index (χ0) is 34.0. The van der Waals surface area contributed by atoms with Crippen LogP contribution >= 0.6 is 21.6 Å². The fraction of sp³-hybridized carbons (Fsp3) is 0.543. The second kappa shape index (κ2) is 49.3. The van der Waals surface area contributed by atoms with Crippen molar-refractivity contribution in [2.24, 2.45) is 11.5 Å². The van der Waals surface area contributed by atoms with Gasteiger partial charge in [0.15, 0.2) is 0 Å². The summed E-state index contributed by atoms with van der Waals surface area (Å²) in [4.78, 5) is 19.4. The molecule has 0 heterocycles. The lowest BCUT2D eigenvalue weighted by atomic mass is 10.1. The Bertz CT molecular complexity index is 773. The van der Waals surface area contributed by atoms with Crippen LogP contribution < -0.4 is 21.5 Å². The van der Waals surface area contributed by atoms with Crippen LogP contribution in [-0.4, -0.2) is 43.4 Å². The molecular weight excluding hydrogens is 575 g/mol. The van der Waals surface area contributed by atoms with E-state index in [2.05, 4.69) is 38.4 Å². The number of nitrogens with two attached hydrogens (primary N) is 2. The number of Topliss-reactive ketones (excluding diaryl/α,β-unsaturated/α-hetero) is 1. The van der Waals surface area contributed by atoms with E-state index in [4.69, 9.17) is 15.3 Å². The number of primary amides is 1. The Morgan fingerprint density at radius 1 is 0.953 bits per heavy atom. The van der Waals surface area contributed by atoms with Crippen molar-refractivity contribution in [1.29, 1.82) is 0 Å². The molecule has 0 aliphatic rings. The highest BCUT2D eigenvalue weighted by Crippen LogP contribution is 2.20. The van der Waals surface area contributed by atoms with Gasteiger partial charge in [-0.1, -0.05) is 126 Å². The van der Waals surface area contributed by atoms with Gasteiger partial charge in [-0.15, -0.1) is 0 Å². The van der Waals surface area contributed by atoms with E-state index in [-0.39, 0.29) is 12.2 Å². The molecule has 0 radical (unpaired) electrons. The average Bonchev–Trinajstić information content (AvgIpc) is 3.03. The minimum Gasteiger partial charge on any atom is -0.494 e. The summed E-state index contributed by atoms with van der Waals surface area (Å²) in [6.07, 6.45) is 17.3. The van der Waals surface area contributed by atoms with Crippen LogP contribution in [0.5, 0.6) is 5.75 Å². The van der Waals surface area contributed by atoms with Crippen LogP contribution in [0.2, 0.25) is 0 Å². The number of carbonyl (C=O) groups excluding carboxylic acids is 2. The lowest BCUT2D eigenvalue weighted by Gasteiger charge is -2.02. The molecule has 0 bridgehead atoms. The first kappa shape index (κ1) is 50.2. The number of rotatable bonds is 17. The third kappa shape index (κ3) is 49.6. The number of hydrogen-bond acceptors (Lipinski definition) is 7. The number of benzene rings is 1. The van der Waals surface area contributed by atoms with Crippen molar-refractivity contribution in [3.8, 4) is 5.75 Å². The Kier molecular flexibility index (Phi) is 57.5. The van der Waals surface area contributed by atoms with E-state index in [0.29, 0.717) is 13.0 Å². The number of unbranched alkanes of at least 4 members (excludes halogenated alkanes) is 1. The Morgan fingerprint density at radius 2 is 1.51 bits per heavy atom. The van der Waals surface area contributed by atoms with E-state index in [0.717, 1.165) is 42.1 Å². The number of carbonyl (C=O) groups is 2. The van der Waals surface area contributed by atoms with Crippen LogP contribution in [0.4, 0.5) is 0 Å². The Labute approximate surface area is 274 Å². The van der Waals surface area contributed by atoms with Gasteiger partial charge in [0.05, 0.1) is 6.61 Å². The molecule has 250 valence electrons. The fourth-order valence-electron chi connectivity index (χ4n) is 2.26. The summed E-state index contributed by atoms with van der Waals surface area (Å²) in [6.45, 7) is 24.2. The third-order valence-electron chi connectivity index (χ3n) is 4.29. The summed E-state index contributed by atoms with van der Waals surface area (Å²) in [6, 6.07) is 7.98. The summed E-state index contributed by atoms with van der Waals surface area (Å²) < 4.78 is 5.44. The van der Waals surface area contributed by atoms with E-state index in [1.54, 1.807) is 13.0 Å². The van der Waals surface area contributed by atoms with Crippen LogP contribution in [0, 0.1) is 0 Å². The van der Waals surface area contributed by atoms with Gasteiger partial charge in [0, 0.05) is 31.0 Å². The highest BCUT2D eigenvalue weighted by Gasteiger charge is 1.93. The maximum absolute atomic E-state index is 10.9. The first-order chi connectivity index (χ1) is 20.9. The summed E-state index contributed by atoms with van der Waals surface area (Å²) >= 11 is 0. The number of ketones is 1. The van der Waals surface area contributed by atoms with E-state index in [1.807, 2.05) is 111 Å². The van der Waals surface area contributed by atoms with Gasteiger partial charge in [0.25, 0.3) is 0 Å². The summed E-state index contributed by atoms with van der Waals surface area (Å²) in [5.41, 5.74) is 11.6. The molecule has 0 saturated carbocycles. The first-order valence-corrected chi connectivity index (χ1v) is 18.1. The predicted molar refractivity (Wildman–Crippen MR) is 200 cm³/mol. The Balaban J connectivity index is -0.000000208. The molecule has 0 atom stereocenters. The van der Waals surface area contributed by atoms with Crippen LogP contribution in [0.3, 0.4) is 0 Å². The van der Waals surface area contributed by atoms with Crippen molar-refractivity contribution < 1.29 is 14.3 Å². The number of allylic oxidation sites excluding steroid dienone is 5. The molecule has 5 N–H and O–H groups in total. The molecule has 1 rings (SSSR count). The Hall–Kier alpha value is -2.42. The van der Waals surface area contributed by atoms with Gasteiger partial charge in [-0.25, -0.2) is 0 Å². The third-order valence-corrected chi connectivity index (χ3v) is 6.93. The van der Waals surface area contributed by atoms with Gasteiger partial charge in [-0.3, -0.25) is 4.79 Å². The van der Waals surface area contributed by atoms with Gasteiger partial charge in [0.1, 0.15) is 11.5 Å². The van der Waals surface area contributed by atoms with E-state index in [1.165, 1.54) is 25.0 Å². The molecule has 1 amide bonds. The second-order valence-electron chi connectivity index (χ2n) is 7.90. The maximum atomic E-state index is 10.9. The fourth-order valence-corrected chi connectivity index (χ4v) is 4.26. The van der Waals surface area contributed by atoms with Crippen molar-refractivity contribution in [3.63, 3.8) is 0 Å². The lowest BCUT2D eigenvalue weighted by molar-refractivity contribution is -0.117. The van der Waals surface area contributed by atoms with Crippen molar-refractivity contribution in [2.45, 2.75) is 94.4 Å².